The van der Waals surface area contributed by atoms with Gasteiger partial charge in [0.25, 0.3) is 0 Å². The Morgan fingerprint density at radius 2 is 1.59 bits per heavy atom. The summed E-state index contributed by atoms with van der Waals surface area (Å²) in [7, 11) is 1.50. The molecule has 0 amide bonds. The van der Waals surface area contributed by atoms with Crippen molar-refractivity contribution >= 4 is 11.9 Å². The minimum absolute atomic E-state index is 0.0158. The summed E-state index contributed by atoms with van der Waals surface area (Å²) in [5, 5.41) is 8.70. The lowest BCUT2D eigenvalue weighted by atomic mass is 9.99. The summed E-state index contributed by atoms with van der Waals surface area (Å²) >= 11 is 0. The van der Waals surface area contributed by atoms with Crippen molar-refractivity contribution in [2.75, 3.05) is 7.05 Å². The molecule has 0 aliphatic carbocycles. The Hall–Kier alpha value is -1.88. The van der Waals surface area contributed by atoms with E-state index in [9.17, 15) is 9.59 Å². The summed E-state index contributed by atoms with van der Waals surface area (Å²) in [6.07, 6.45) is 0.601. The monoisotopic (exact) mass is 309 g/mol. The first-order chi connectivity index (χ1) is 10.2. The lowest BCUT2D eigenvalue weighted by Gasteiger charge is -2.22. The van der Waals surface area contributed by atoms with Crippen molar-refractivity contribution in [1.29, 1.82) is 0 Å². The van der Waals surface area contributed by atoms with E-state index < -0.39 is 11.6 Å². The standard InChI is InChI=1S/C16H22O4.CH5N/c1-11(15(19)20-16(2,3)4)9-12-5-7-13(8-6-12)10-14(17)18;1-2/h5-8,11H,9-10H2,1-4H3,(H,17,18);2H2,1H3. The molecule has 22 heavy (non-hydrogen) atoms. The maximum absolute atomic E-state index is 11.9. The van der Waals surface area contributed by atoms with Gasteiger partial charge in [0.1, 0.15) is 5.60 Å². The zero-order valence-corrected chi connectivity index (χ0v) is 14.1. The molecule has 124 valence electrons. The smallest absolute Gasteiger partial charge is 0.309 e. The second kappa shape index (κ2) is 9.20. The largest absolute Gasteiger partial charge is 0.481 e. The van der Waals surface area contributed by atoms with Crippen LogP contribution in [0.3, 0.4) is 0 Å². The summed E-state index contributed by atoms with van der Waals surface area (Å²) < 4.78 is 5.33. The maximum atomic E-state index is 11.9. The molecule has 5 heteroatoms. The van der Waals surface area contributed by atoms with Crippen molar-refractivity contribution in [2.24, 2.45) is 11.7 Å². The molecule has 0 saturated heterocycles. The molecule has 1 rings (SSSR count). The third kappa shape index (κ3) is 8.42. The third-order valence-electron chi connectivity index (χ3n) is 2.73. The molecule has 1 unspecified atom stereocenters. The Kier molecular flexibility index (Phi) is 8.42. The summed E-state index contributed by atoms with van der Waals surface area (Å²) in [6.45, 7) is 7.37. The van der Waals surface area contributed by atoms with E-state index in [1.165, 1.54) is 7.05 Å². The molecule has 1 aromatic carbocycles. The molecule has 5 nitrogen and oxygen atoms in total. The Morgan fingerprint density at radius 3 is 2.00 bits per heavy atom. The Bertz CT molecular complexity index is 474. The average molecular weight is 309 g/mol. The van der Waals surface area contributed by atoms with Crippen LogP contribution in [0.15, 0.2) is 24.3 Å². The normalized spacial score (nSPS) is 11.9. The minimum atomic E-state index is -0.847. The molecular weight excluding hydrogens is 282 g/mol. The van der Waals surface area contributed by atoms with E-state index in [2.05, 4.69) is 5.73 Å². The van der Waals surface area contributed by atoms with Gasteiger partial charge in [-0.1, -0.05) is 31.2 Å². The zero-order valence-electron chi connectivity index (χ0n) is 14.1. The SMILES string of the molecule is CC(Cc1ccc(CC(=O)O)cc1)C(=O)OC(C)(C)C.CN. The number of esters is 1. The fourth-order valence-electron chi connectivity index (χ4n) is 1.81. The number of ether oxygens (including phenoxy) is 1. The van der Waals surface area contributed by atoms with Gasteiger partial charge in [-0.3, -0.25) is 9.59 Å². The lowest BCUT2D eigenvalue weighted by Crippen LogP contribution is -2.28. The number of aliphatic carboxylic acids is 1. The number of nitrogens with two attached hydrogens (primary N) is 1. The van der Waals surface area contributed by atoms with Crippen LogP contribution >= 0.6 is 0 Å². The van der Waals surface area contributed by atoms with Gasteiger partial charge in [0.05, 0.1) is 12.3 Å². The van der Waals surface area contributed by atoms with E-state index in [1.807, 2.05) is 39.8 Å². The molecule has 0 radical (unpaired) electrons. The van der Waals surface area contributed by atoms with Crippen LogP contribution in [0.25, 0.3) is 0 Å². The van der Waals surface area contributed by atoms with E-state index in [1.54, 1.807) is 12.1 Å². The molecule has 1 atom stereocenters. The average Bonchev–Trinajstić information content (AvgIpc) is 2.40. The maximum Gasteiger partial charge on any atom is 0.309 e. The Balaban J connectivity index is 0.00000211. The van der Waals surface area contributed by atoms with Crippen LogP contribution in [0.1, 0.15) is 38.8 Å². The van der Waals surface area contributed by atoms with Gasteiger partial charge in [-0.05, 0) is 45.4 Å². The molecule has 3 N–H and O–H groups in total. The van der Waals surface area contributed by atoms with Crippen molar-refractivity contribution in [1.82, 2.24) is 0 Å². The van der Waals surface area contributed by atoms with Gasteiger partial charge in [0, 0.05) is 0 Å². The van der Waals surface area contributed by atoms with Crippen molar-refractivity contribution in [3.05, 3.63) is 35.4 Å². The first kappa shape index (κ1) is 20.1. The van der Waals surface area contributed by atoms with Gasteiger partial charge in [-0.25, -0.2) is 0 Å². The minimum Gasteiger partial charge on any atom is -0.481 e. The number of carboxylic acids is 1. The molecule has 0 aliphatic rings. The van der Waals surface area contributed by atoms with E-state index in [-0.39, 0.29) is 18.3 Å². The van der Waals surface area contributed by atoms with Crippen LogP contribution < -0.4 is 5.73 Å². The predicted molar refractivity (Wildman–Crippen MR) is 86.6 cm³/mol. The Morgan fingerprint density at radius 1 is 1.14 bits per heavy atom. The van der Waals surface area contributed by atoms with Crippen molar-refractivity contribution < 1.29 is 19.4 Å². The van der Waals surface area contributed by atoms with Gasteiger partial charge in [-0.2, -0.15) is 0 Å². The highest BCUT2D eigenvalue weighted by Gasteiger charge is 2.21. The van der Waals surface area contributed by atoms with Gasteiger partial charge in [0.2, 0.25) is 0 Å². The first-order valence-corrected chi connectivity index (χ1v) is 7.27. The number of carbonyl (C=O) groups excluding carboxylic acids is 1. The highest BCUT2D eigenvalue weighted by atomic mass is 16.6. The molecule has 0 saturated carbocycles. The number of hydrogen-bond acceptors (Lipinski definition) is 4. The van der Waals surface area contributed by atoms with Crippen LogP contribution in [-0.4, -0.2) is 29.7 Å². The van der Waals surface area contributed by atoms with Crippen LogP contribution in [0.2, 0.25) is 0 Å². The van der Waals surface area contributed by atoms with Gasteiger partial charge in [0.15, 0.2) is 0 Å². The molecule has 0 spiro atoms. The summed E-state index contributed by atoms with van der Waals surface area (Å²) in [5.41, 5.74) is 5.78. The second-order valence-corrected chi connectivity index (χ2v) is 6.03. The number of hydrogen-bond donors (Lipinski definition) is 2. The van der Waals surface area contributed by atoms with Crippen LogP contribution in [-0.2, 0) is 27.2 Å². The van der Waals surface area contributed by atoms with E-state index in [0.29, 0.717) is 6.42 Å². The van der Waals surface area contributed by atoms with E-state index in [0.717, 1.165) is 11.1 Å². The van der Waals surface area contributed by atoms with E-state index in [4.69, 9.17) is 9.84 Å². The lowest BCUT2D eigenvalue weighted by molar-refractivity contribution is -0.159. The highest BCUT2D eigenvalue weighted by Crippen LogP contribution is 2.16. The van der Waals surface area contributed by atoms with Crippen LogP contribution in [0.5, 0.6) is 0 Å². The van der Waals surface area contributed by atoms with E-state index >= 15 is 0 Å². The molecule has 0 heterocycles. The topological polar surface area (TPSA) is 89.6 Å². The number of carboxylic acid groups (broad SMARTS) is 1. The molecular formula is C17H27NO4. The van der Waals surface area contributed by atoms with Crippen LogP contribution in [0.4, 0.5) is 0 Å². The summed E-state index contributed by atoms with van der Waals surface area (Å²) in [6, 6.07) is 7.29. The molecule has 0 aromatic heterocycles. The number of benzene rings is 1. The highest BCUT2D eigenvalue weighted by molar-refractivity contribution is 5.73. The van der Waals surface area contributed by atoms with Gasteiger partial charge < -0.3 is 15.6 Å². The number of carbonyl (C=O) groups is 2. The summed E-state index contributed by atoms with van der Waals surface area (Å²) in [4.78, 5) is 22.5. The quantitative estimate of drug-likeness (QED) is 0.815. The number of rotatable bonds is 5. The third-order valence-corrected chi connectivity index (χ3v) is 2.73. The molecule has 0 fully saturated rings. The van der Waals surface area contributed by atoms with Crippen molar-refractivity contribution in [3.8, 4) is 0 Å². The fraction of sp³-hybridized carbons (Fsp3) is 0.529. The van der Waals surface area contributed by atoms with Gasteiger partial charge in [-0.15, -0.1) is 0 Å². The van der Waals surface area contributed by atoms with Crippen LogP contribution in [0, 0.1) is 5.92 Å². The second-order valence-electron chi connectivity index (χ2n) is 6.03. The molecule has 0 bridgehead atoms. The summed E-state index contributed by atoms with van der Waals surface area (Å²) in [5.74, 6) is -1.29. The zero-order chi connectivity index (χ0) is 17.3. The van der Waals surface area contributed by atoms with Gasteiger partial charge >= 0.3 is 11.9 Å². The predicted octanol–water partition coefficient (Wildman–Crippen LogP) is 2.41. The first-order valence-electron chi connectivity index (χ1n) is 7.27. The Labute approximate surface area is 132 Å². The van der Waals surface area contributed by atoms with Crippen molar-refractivity contribution in [3.63, 3.8) is 0 Å². The molecule has 0 aliphatic heterocycles. The van der Waals surface area contributed by atoms with Crippen molar-refractivity contribution in [2.45, 2.75) is 46.1 Å². The fourth-order valence-corrected chi connectivity index (χ4v) is 1.81. The molecule has 1 aromatic rings.